The molecule has 114 valence electrons. The molecule has 0 aliphatic heterocycles. The highest BCUT2D eigenvalue weighted by Crippen LogP contribution is 2.28. The van der Waals surface area contributed by atoms with Crippen molar-refractivity contribution >= 4 is 11.7 Å². The minimum Gasteiger partial charge on any atom is -0.305 e. The van der Waals surface area contributed by atoms with E-state index in [1.54, 1.807) is 17.9 Å². The Morgan fingerprint density at radius 2 is 2.19 bits per heavy atom. The summed E-state index contributed by atoms with van der Waals surface area (Å²) in [5.74, 6) is 0.852. The fraction of sp³-hybridized carbons (Fsp3) is 0.533. The molecular weight excluding hydrogens is 266 g/mol. The van der Waals surface area contributed by atoms with Crippen LogP contribution in [0.4, 0.5) is 5.82 Å². The van der Waals surface area contributed by atoms with Gasteiger partial charge in [0.25, 0.3) is 5.91 Å². The summed E-state index contributed by atoms with van der Waals surface area (Å²) < 4.78 is 1.59. The first-order valence-corrected chi connectivity index (χ1v) is 7.10. The summed E-state index contributed by atoms with van der Waals surface area (Å²) in [6, 6.07) is 1.89. The van der Waals surface area contributed by atoms with Gasteiger partial charge < -0.3 is 5.32 Å². The zero-order valence-electron chi connectivity index (χ0n) is 13.3. The lowest BCUT2D eigenvalue weighted by atomic mass is 9.79. The van der Waals surface area contributed by atoms with Crippen molar-refractivity contribution in [3.05, 3.63) is 29.7 Å². The SMILES string of the molecule is C[C@@H](Cc1cc(NC(=O)c2cnn(C)c2)n[nH]1)C(C)(C)C. The molecule has 0 radical (unpaired) electrons. The molecule has 0 fully saturated rings. The van der Waals surface area contributed by atoms with Crippen molar-refractivity contribution in [2.45, 2.75) is 34.1 Å². The van der Waals surface area contributed by atoms with Gasteiger partial charge in [0.1, 0.15) is 0 Å². The molecule has 1 amide bonds. The van der Waals surface area contributed by atoms with Crippen molar-refractivity contribution in [2.24, 2.45) is 18.4 Å². The van der Waals surface area contributed by atoms with Crippen molar-refractivity contribution in [3.8, 4) is 0 Å². The van der Waals surface area contributed by atoms with E-state index in [1.165, 1.54) is 6.20 Å². The third kappa shape index (κ3) is 3.93. The molecule has 0 unspecified atom stereocenters. The van der Waals surface area contributed by atoms with Crippen molar-refractivity contribution in [1.29, 1.82) is 0 Å². The van der Waals surface area contributed by atoms with Gasteiger partial charge in [-0.05, 0) is 17.8 Å². The Morgan fingerprint density at radius 3 is 2.76 bits per heavy atom. The Kier molecular flexibility index (Phi) is 4.16. The Morgan fingerprint density at radius 1 is 1.48 bits per heavy atom. The number of rotatable bonds is 4. The molecule has 0 bridgehead atoms. The third-order valence-corrected chi connectivity index (χ3v) is 3.84. The molecular formula is C15H23N5O. The van der Waals surface area contributed by atoms with Crippen LogP contribution in [0.25, 0.3) is 0 Å². The van der Waals surface area contributed by atoms with Crippen LogP contribution in [0.2, 0.25) is 0 Å². The predicted molar refractivity (Wildman–Crippen MR) is 82.1 cm³/mol. The molecule has 2 aromatic heterocycles. The Bertz CT molecular complexity index is 620. The topological polar surface area (TPSA) is 75.6 Å². The van der Waals surface area contributed by atoms with Gasteiger partial charge in [0.15, 0.2) is 5.82 Å². The summed E-state index contributed by atoms with van der Waals surface area (Å²) in [6.45, 7) is 8.88. The van der Waals surface area contributed by atoms with Crippen LogP contribution in [0.3, 0.4) is 0 Å². The normalized spacial score (nSPS) is 13.2. The summed E-state index contributed by atoms with van der Waals surface area (Å²) >= 11 is 0. The van der Waals surface area contributed by atoms with Crippen LogP contribution < -0.4 is 5.32 Å². The standard InChI is InChI=1S/C15H23N5O/c1-10(15(2,3)4)6-12-7-13(19-18-12)17-14(21)11-8-16-20(5)9-11/h7-10H,6H2,1-5H3,(H2,17,18,19,21)/t10-/m0/s1. The zero-order chi connectivity index (χ0) is 15.6. The first kappa shape index (κ1) is 15.3. The molecule has 6 heteroatoms. The maximum absolute atomic E-state index is 12.0. The molecule has 0 aromatic carbocycles. The number of hydrogen-bond acceptors (Lipinski definition) is 3. The number of H-pyrrole nitrogens is 1. The van der Waals surface area contributed by atoms with Gasteiger partial charge in [-0.3, -0.25) is 14.6 Å². The summed E-state index contributed by atoms with van der Waals surface area (Å²) in [7, 11) is 1.78. The van der Waals surface area contributed by atoms with E-state index in [0.717, 1.165) is 12.1 Å². The van der Waals surface area contributed by atoms with Crippen LogP contribution in [0.1, 0.15) is 43.7 Å². The number of aromatic nitrogens is 4. The number of carbonyl (C=O) groups is 1. The Labute approximate surface area is 124 Å². The van der Waals surface area contributed by atoms with Gasteiger partial charge in [0.2, 0.25) is 0 Å². The first-order valence-electron chi connectivity index (χ1n) is 7.10. The molecule has 2 N–H and O–H groups in total. The van der Waals surface area contributed by atoms with Crippen molar-refractivity contribution in [1.82, 2.24) is 20.0 Å². The highest BCUT2D eigenvalue weighted by molar-refractivity contribution is 6.03. The quantitative estimate of drug-likeness (QED) is 0.908. The monoisotopic (exact) mass is 289 g/mol. The molecule has 2 heterocycles. The van der Waals surface area contributed by atoms with Gasteiger partial charge >= 0.3 is 0 Å². The third-order valence-electron chi connectivity index (χ3n) is 3.84. The highest BCUT2D eigenvalue weighted by atomic mass is 16.1. The van der Waals surface area contributed by atoms with Crippen LogP contribution in [0, 0.1) is 11.3 Å². The summed E-state index contributed by atoms with van der Waals surface area (Å²) in [5.41, 5.74) is 1.79. The van der Waals surface area contributed by atoms with Gasteiger partial charge in [0.05, 0.1) is 11.8 Å². The van der Waals surface area contributed by atoms with E-state index in [9.17, 15) is 4.79 Å². The lowest BCUT2D eigenvalue weighted by Gasteiger charge is -2.26. The molecule has 6 nitrogen and oxygen atoms in total. The number of amides is 1. The van der Waals surface area contributed by atoms with Crippen LogP contribution >= 0.6 is 0 Å². The number of hydrogen-bond donors (Lipinski definition) is 2. The van der Waals surface area contributed by atoms with Crippen LogP contribution in [-0.4, -0.2) is 25.9 Å². The summed E-state index contributed by atoms with van der Waals surface area (Å²) in [6.07, 6.45) is 4.11. The minimum atomic E-state index is -0.204. The van der Waals surface area contributed by atoms with E-state index in [4.69, 9.17) is 0 Å². The van der Waals surface area contributed by atoms with Crippen LogP contribution in [0.5, 0.6) is 0 Å². The fourth-order valence-electron chi connectivity index (χ4n) is 1.89. The average Bonchev–Trinajstić information content (AvgIpc) is 2.97. The predicted octanol–water partition coefficient (Wildman–Crippen LogP) is 2.62. The fourth-order valence-corrected chi connectivity index (χ4v) is 1.89. The number of nitrogens with zero attached hydrogens (tertiary/aromatic N) is 3. The smallest absolute Gasteiger partial charge is 0.260 e. The van der Waals surface area contributed by atoms with E-state index < -0.39 is 0 Å². The van der Waals surface area contributed by atoms with Crippen LogP contribution in [-0.2, 0) is 13.5 Å². The maximum atomic E-state index is 12.0. The highest BCUT2D eigenvalue weighted by Gasteiger charge is 2.21. The van der Waals surface area contributed by atoms with Gasteiger partial charge in [-0.15, -0.1) is 0 Å². The second-order valence-electron chi connectivity index (χ2n) is 6.61. The number of anilines is 1. The first-order chi connectivity index (χ1) is 9.75. The maximum Gasteiger partial charge on any atom is 0.260 e. The van der Waals surface area contributed by atoms with E-state index in [1.807, 2.05) is 6.07 Å². The Hall–Kier alpha value is -2.11. The van der Waals surface area contributed by atoms with Crippen molar-refractivity contribution in [3.63, 3.8) is 0 Å². The van der Waals surface area contributed by atoms with Gasteiger partial charge in [-0.25, -0.2) is 0 Å². The molecule has 2 rings (SSSR count). The Balaban J connectivity index is 1.99. The molecule has 0 saturated carbocycles. The number of nitrogens with one attached hydrogen (secondary N) is 2. The molecule has 0 saturated heterocycles. The minimum absolute atomic E-state index is 0.204. The van der Waals surface area contributed by atoms with Crippen molar-refractivity contribution in [2.75, 3.05) is 5.32 Å². The van der Waals surface area contributed by atoms with E-state index in [0.29, 0.717) is 17.3 Å². The summed E-state index contributed by atoms with van der Waals surface area (Å²) in [4.78, 5) is 12.0. The van der Waals surface area contributed by atoms with Gasteiger partial charge in [-0.2, -0.15) is 10.2 Å². The average molecular weight is 289 g/mol. The largest absolute Gasteiger partial charge is 0.305 e. The van der Waals surface area contributed by atoms with Crippen LogP contribution in [0.15, 0.2) is 18.5 Å². The molecule has 0 aliphatic rings. The molecule has 2 aromatic rings. The second-order valence-corrected chi connectivity index (χ2v) is 6.61. The number of aromatic amines is 1. The van der Waals surface area contributed by atoms with E-state index >= 15 is 0 Å². The molecule has 0 aliphatic carbocycles. The lowest BCUT2D eigenvalue weighted by Crippen LogP contribution is -2.19. The van der Waals surface area contributed by atoms with Gasteiger partial charge in [0, 0.05) is 25.0 Å². The number of carbonyl (C=O) groups excluding carboxylic acids is 1. The van der Waals surface area contributed by atoms with E-state index in [-0.39, 0.29) is 11.3 Å². The van der Waals surface area contributed by atoms with Gasteiger partial charge in [-0.1, -0.05) is 27.7 Å². The number of aryl methyl sites for hydroxylation is 1. The lowest BCUT2D eigenvalue weighted by molar-refractivity contribution is 0.102. The van der Waals surface area contributed by atoms with Crippen molar-refractivity contribution < 1.29 is 4.79 Å². The zero-order valence-corrected chi connectivity index (χ0v) is 13.3. The summed E-state index contributed by atoms with van der Waals surface area (Å²) in [5, 5.41) is 13.9. The molecule has 21 heavy (non-hydrogen) atoms. The van der Waals surface area contributed by atoms with E-state index in [2.05, 4.69) is 48.3 Å². The molecule has 1 atom stereocenters. The molecule has 0 spiro atoms. The second kappa shape index (κ2) is 5.71.